The number of hydrogen-bond donors (Lipinski definition) is 1. The zero-order valence-corrected chi connectivity index (χ0v) is 9.17. The van der Waals surface area contributed by atoms with Crippen molar-refractivity contribution in [1.82, 2.24) is 0 Å². The molecule has 1 rings (SSSR count). The van der Waals surface area contributed by atoms with Gasteiger partial charge in [0.05, 0.1) is 5.92 Å². The fraction of sp³-hybridized carbons (Fsp3) is 0.917. The number of hydrogen-bond acceptors (Lipinski definition) is 1. The smallest absolute Gasteiger partial charge is 0.306 e. The van der Waals surface area contributed by atoms with Crippen molar-refractivity contribution in [2.75, 3.05) is 0 Å². The average Bonchev–Trinajstić information content (AvgIpc) is 2.19. The third kappa shape index (κ3) is 3.69. The summed E-state index contributed by atoms with van der Waals surface area (Å²) in [4.78, 5) is 10.7. The summed E-state index contributed by atoms with van der Waals surface area (Å²) in [7, 11) is 0. The summed E-state index contributed by atoms with van der Waals surface area (Å²) in [6.07, 6.45) is 9.36. The zero-order valence-electron chi connectivity index (χ0n) is 9.17. The standard InChI is InChI=1S/C12H22O2/c1-2-3-4-5-10-6-8-11(9-7-10)12(13)14/h10-11H,2-9H2,1H3,(H,13,14)/t10-,11+. The fourth-order valence-corrected chi connectivity index (χ4v) is 2.38. The Morgan fingerprint density at radius 2 is 1.86 bits per heavy atom. The van der Waals surface area contributed by atoms with Crippen LogP contribution in [0.15, 0.2) is 0 Å². The number of unbranched alkanes of at least 4 members (excludes halogenated alkanes) is 2. The van der Waals surface area contributed by atoms with Crippen molar-refractivity contribution in [2.24, 2.45) is 11.8 Å². The predicted molar refractivity (Wildman–Crippen MR) is 57.2 cm³/mol. The van der Waals surface area contributed by atoms with Crippen LogP contribution in [0, 0.1) is 11.8 Å². The van der Waals surface area contributed by atoms with E-state index in [1.54, 1.807) is 0 Å². The van der Waals surface area contributed by atoms with E-state index in [-0.39, 0.29) is 5.92 Å². The molecule has 14 heavy (non-hydrogen) atoms. The molecule has 0 aromatic carbocycles. The lowest BCUT2D eigenvalue weighted by atomic mass is 9.80. The molecule has 0 radical (unpaired) electrons. The summed E-state index contributed by atoms with van der Waals surface area (Å²) in [6.45, 7) is 2.22. The summed E-state index contributed by atoms with van der Waals surface area (Å²) in [5.41, 5.74) is 0. The molecule has 0 amide bonds. The highest BCUT2D eigenvalue weighted by atomic mass is 16.4. The van der Waals surface area contributed by atoms with Gasteiger partial charge in [0.2, 0.25) is 0 Å². The fourth-order valence-electron chi connectivity index (χ4n) is 2.38. The minimum atomic E-state index is -0.586. The van der Waals surface area contributed by atoms with Gasteiger partial charge in [-0.3, -0.25) is 4.79 Å². The van der Waals surface area contributed by atoms with Gasteiger partial charge < -0.3 is 5.11 Å². The Bertz CT molecular complexity index is 169. The second-order valence-electron chi connectivity index (χ2n) is 4.55. The van der Waals surface area contributed by atoms with Gasteiger partial charge in [-0.05, 0) is 31.6 Å². The maximum absolute atomic E-state index is 10.7. The SMILES string of the molecule is CCCCC[C@H]1CC[C@@H](C(=O)O)CC1. The zero-order chi connectivity index (χ0) is 10.4. The second-order valence-corrected chi connectivity index (χ2v) is 4.55. The third-order valence-electron chi connectivity index (χ3n) is 3.41. The Kier molecular flexibility index (Phi) is 4.99. The van der Waals surface area contributed by atoms with E-state index in [2.05, 4.69) is 6.92 Å². The van der Waals surface area contributed by atoms with Gasteiger partial charge >= 0.3 is 5.97 Å². The molecule has 1 aliphatic carbocycles. The molecule has 0 spiro atoms. The van der Waals surface area contributed by atoms with Gasteiger partial charge in [-0.1, -0.05) is 32.6 Å². The molecule has 0 atom stereocenters. The minimum absolute atomic E-state index is 0.0441. The van der Waals surface area contributed by atoms with Crippen molar-refractivity contribution in [3.05, 3.63) is 0 Å². The Balaban J connectivity index is 2.12. The number of aliphatic carboxylic acids is 1. The normalized spacial score (nSPS) is 27.5. The molecule has 0 aromatic heterocycles. The van der Waals surface area contributed by atoms with Crippen LogP contribution in [0.2, 0.25) is 0 Å². The summed E-state index contributed by atoms with van der Waals surface area (Å²) in [5, 5.41) is 8.84. The lowest BCUT2D eigenvalue weighted by molar-refractivity contribution is -0.143. The highest BCUT2D eigenvalue weighted by molar-refractivity contribution is 5.69. The van der Waals surface area contributed by atoms with Crippen LogP contribution in [0.3, 0.4) is 0 Å². The first-order valence-corrected chi connectivity index (χ1v) is 5.96. The van der Waals surface area contributed by atoms with E-state index < -0.39 is 5.97 Å². The minimum Gasteiger partial charge on any atom is -0.481 e. The molecule has 1 N–H and O–H groups in total. The summed E-state index contributed by atoms with van der Waals surface area (Å²) >= 11 is 0. The van der Waals surface area contributed by atoms with E-state index in [0.29, 0.717) is 0 Å². The van der Waals surface area contributed by atoms with Crippen LogP contribution in [0.5, 0.6) is 0 Å². The van der Waals surface area contributed by atoms with Crippen molar-refractivity contribution in [1.29, 1.82) is 0 Å². The van der Waals surface area contributed by atoms with Crippen LogP contribution in [-0.4, -0.2) is 11.1 Å². The quantitative estimate of drug-likeness (QED) is 0.687. The lowest BCUT2D eigenvalue weighted by Crippen LogP contribution is -2.21. The van der Waals surface area contributed by atoms with Crippen molar-refractivity contribution in [3.8, 4) is 0 Å². The average molecular weight is 198 g/mol. The van der Waals surface area contributed by atoms with Gasteiger partial charge in [0.25, 0.3) is 0 Å². The Morgan fingerprint density at radius 3 is 2.36 bits per heavy atom. The van der Waals surface area contributed by atoms with Gasteiger partial charge in [0.1, 0.15) is 0 Å². The molecule has 1 aliphatic rings. The topological polar surface area (TPSA) is 37.3 Å². The number of rotatable bonds is 5. The Labute approximate surface area is 86.7 Å². The van der Waals surface area contributed by atoms with Crippen LogP contribution in [-0.2, 0) is 4.79 Å². The molecule has 0 aromatic rings. The van der Waals surface area contributed by atoms with Gasteiger partial charge in [-0.2, -0.15) is 0 Å². The van der Waals surface area contributed by atoms with Gasteiger partial charge in [-0.25, -0.2) is 0 Å². The van der Waals surface area contributed by atoms with Gasteiger partial charge in [0, 0.05) is 0 Å². The molecular weight excluding hydrogens is 176 g/mol. The Hall–Kier alpha value is -0.530. The van der Waals surface area contributed by atoms with E-state index in [9.17, 15) is 4.79 Å². The van der Waals surface area contributed by atoms with E-state index in [0.717, 1.165) is 31.6 Å². The molecule has 2 heteroatoms. The van der Waals surface area contributed by atoms with Gasteiger partial charge in [-0.15, -0.1) is 0 Å². The largest absolute Gasteiger partial charge is 0.481 e. The van der Waals surface area contributed by atoms with Crippen LogP contribution < -0.4 is 0 Å². The first kappa shape index (κ1) is 11.5. The number of carboxylic acids is 1. The van der Waals surface area contributed by atoms with E-state index in [1.807, 2.05) is 0 Å². The van der Waals surface area contributed by atoms with Crippen LogP contribution >= 0.6 is 0 Å². The highest BCUT2D eigenvalue weighted by Crippen LogP contribution is 2.31. The van der Waals surface area contributed by atoms with Gasteiger partial charge in [0.15, 0.2) is 0 Å². The third-order valence-corrected chi connectivity index (χ3v) is 3.41. The van der Waals surface area contributed by atoms with Crippen molar-refractivity contribution in [3.63, 3.8) is 0 Å². The first-order chi connectivity index (χ1) is 6.74. The molecule has 2 nitrogen and oxygen atoms in total. The predicted octanol–water partition coefficient (Wildman–Crippen LogP) is 3.46. The van der Waals surface area contributed by atoms with Crippen molar-refractivity contribution >= 4 is 5.97 Å². The number of carbonyl (C=O) groups is 1. The molecule has 0 heterocycles. The summed E-state index contributed by atoms with van der Waals surface area (Å²) in [6, 6.07) is 0. The van der Waals surface area contributed by atoms with Crippen LogP contribution in [0.4, 0.5) is 0 Å². The maximum Gasteiger partial charge on any atom is 0.306 e. The van der Waals surface area contributed by atoms with E-state index in [1.165, 1.54) is 25.7 Å². The first-order valence-electron chi connectivity index (χ1n) is 5.96. The van der Waals surface area contributed by atoms with Crippen molar-refractivity contribution < 1.29 is 9.90 Å². The molecule has 0 bridgehead atoms. The molecule has 1 fully saturated rings. The van der Waals surface area contributed by atoms with Crippen LogP contribution in [0.25, 0.3) is 0 Å². The molecule has 0 unspecified atom stereocenters. The summed E-state index contributed by atoms with van der Waals surface area (Å²) in [5.74, 6) is 0.187. The molecule has 82 valence electrons. The highest BCUT2D eigenvalue weighted by Gasteiger charge is 2.25. The maximum atomic E-state index is 10.7. The molecule has 0 saturated heterocycles. The van der Waals surface area contributed by atoms with E-state index in [4.69, 9.17) is 5.11 Å². The molecular formula is C12H22O2. The Morgan fingerprint density at radius 1 is 1.21 bits per heavy atom. The molecule has 1 saturated carbocycles. The number of carboxylic acid groups (broad SMARTS) is 1. The van der Waals surface area contributed by atoms with Crippen LogP contribution in [0.1, 0.15) is 58.3 Å². The van der Waals surface area contributed by atoms with E-state index >= 15 is 0 Å². The second kappa shape index (κ2) is 6.05. The molecule has 0 aliphatic heterocycles. The lowest BCUT2D eigenvalue weighted by Gasteiger charge is -2.25. The monoisotopic (exact) mass is 198 g/mol. The summed E-state index contributed by atoms with van der Waals surface area (Å²) < 4.78 is 0. The van der Waals surface area contributed by atoms with Crippen molar-refractivity contribution in [2.45, 2.75) is 58.3 Å².